The highest BCUT2D eigenvalue weighted by Crippen LogP contribution is 2.22. The van der Waals surface area contributed by atoms with Crippen molar-refractivity contribution in [2.45, 2.75) is 32.7 Å². The van der Waals surface area contributed by atoms with Crippen LogP contribution in [0.4, 0.5) is 0 Å². The molecule has 0 spiro atoms. The molecule has 0 bridgehead atoms. The number of amides is 1. The first-order valence-electron chi connectivity index (χ1n) is 11.2. The average molecular weight is 445 g/mol. The van der Waals surface area contributed by atoms with Crippen molar-refractivity contribution in [3.63, 3.8) is 0 Å². The van der Waals surface area contributed by atoms with Gasteiger partial charge in [-0.05, 0) is 68.8 Å². The van der Waals surface area contributed by atoms with Crippen LogP contribution in [0, 0.1) is 18.3 Å². The molecule has 1 N–H and O–H groups in total. The molecule has 170 valence electrons. The van der Waals surface area contributed by atoms with Gasteiger partial charge in [0, 0.05) is 31.5 Å². The van der Waals surface area contributed by atoms with E-state index in [-0.39, 0.29) is 11.5 Å². The number of carbonyl (C=O) groups excluding carboxylic acids is 1. The number of H-pyrrole nitrogens is 1. The number of likely N-dealkylation sites (N-methyl/N-ethyl adjacent to an activating group) is 1. The zero-order chi connectivity index (χ0) is 23.5. The smallest absolute Gasteiger partial charge is 0.280 e. The Balaban J connectivity index is 1.54. The van der Waals surface area contributed by atoms with Gasteiger partial charge in [-0.25, -0.2) is 9.67 Å². The molecule has 1 aliphatic heterocycles. The van der Waals surface area contributed by atoms with Gasteiger partial charge >= 0.3 is 0 Å². The lowest BCUT2D eigenvalue weighted by molar-refractivity contribution is 0.0615. The van der Waals surface area contributed by atoms with Crippen LogP contribution in [-0.4, -0.2) is 63.2 Å². The molecule has 3 aromatic rings. The summed E-state index contributed by atoms with van der Waals surface area (Å²) in [6.07, 6.45) is 5.25. The molecule has 8 heteroatoms. The van der Waals surface area contributed by atoms with Crippen LogP contribution in [0.2, 0.25) is 0 Å². The Labute approximate surface area is 193 Å². The molecular weight excluding hydrogens is 416 g/mol. The normalized spacial score (nSPS) is 16.1. The van der Waals surface area contributed by atoms with Crippen LogP contribution in [0.25, 0.3) is 16.9 Å². The van der Waals surface area contributed by atoms with Gasteiger partial charge in [0.25, 0.3) is 11.5 Å². The number of rotatable bonds is 5. The minimum absolute atomic E-state index is 0.0315. The third-order valence-electron chi connectivity index (χ3n) is 6.45. The molecule has 1 aliphatic rings. The monoisotopic (exact) mass is 444 g/mol. The summed E-state index contributed by atoms with van der Waals surface area (Å²) < 4.78 is 1.36. The SMILES string of the molecule is CCN(C)[C@H]1CCCN(C(=O)c2ccc(-n3[nH]cc(-c4ccc(C#N)cc4C)c3=O)nc2)C1. The van der Waals surface area contributed by atoms with E-state index in [0.717, 1.165) is 37.1 Å². The first-order chi connectivity index (χ1) is 15.9. The Hall–Kier alpha value is -3.70. The topological polar surface area (TPSA) is 98.0 Å². The van der Waals surface area contributed by atoms with Gasteiger partial charge in [-0.1, -0.05) is 13.0 Å². The standard InChI is InChI=1S/C25H28N6O2/c1-4-29(3)20-6-5-11-30(16-20)24(32)19-8-10-23(27-14-19)31-25(33)22(15-28-31)21-9-7-18(13-26)12-17(21)2/h7-10,12,14-15,20,28H,4-6,11,16H2,1-3H3/t20-/m0/s1. The first-order valence-corrected chi connectivity index (χ1v) is 11.2. The summed E-state index contributed by atoms with van der Waals surface area (Å²) in [4.78, 5) is 34.6. The Morgan fingerprint density at radius 1 is 1.30 bits per heavy atom. The van der Waals surface area contributed by atoms with E-state index in [0.29, 0.717) is 35.1 Å². The van der Waals surface area contributed by atoms with Crippen molar-refractivity contribution >= 4 is 5.91 Å². The molecule has 1 fully saturated rings. The highest BCUT2D eigenvalue weighted by atomic mass is 16.2. The van der Waals surface area contributed by atoms with Gasteiger partial charge in [0.2, 0.25) is 0 Å². The number of benzene rings is 1. The van der Waals surface area contributed by atoms with E-state index in [9.17, 15) is 9.59 Å². The van der Waals surface area contributed by atoms with Crippen LogP contribution in [0.5, 0.6) is 0 Å². The molecule has 3 heterocycles. The van der Waals surface area contributed by atoms with Gasteiger partial charge in [0.05, 0.1) is 22.8 Å². The van der Waals surface area contributed by atoms with Crippen LogP contribution in [0.3, 0.4) is 0 Å². The zero-order valence-electron chi connectivity index (χ0n) is 19.2. The van der Waals surface area contributed by atoms with Gasteiger partial charge in [-0.15, -0.1) is 0 Å². The number of hydrogen-bond acceptors (Lipinski definition) is 5. The summed E-state index contributed by atoms with van der Waals surface area (Å²) in [5.41, 5.74) is 2.93. The molecule has 0 radical (unpaired) electrons. The molecule has 4 rings (SSSR count). The number of aromatic amines is 1. The summed E-state index contributed by atoms with van der Waals surface area (Å²) in [6, 6.07) is 11.1. The number of nitrogens with one attached hydrogen (secondary N) is 1. The van der Waals surface area contributed by atoms with Crippen molar-refractivity contribution in [2.75, 3.05) is 26.7 Å². The second-order valence-electron chi connectivity index (χ2n) is 8.49. The van der Waals surface area contributed by atoms with Crippen molar-refractivity contribution in [1.82, 2.24) is 24.6 Å². The van der Waals surface area contributed by atoms with Gasteiger partial charge in [-0.2, -0.15) is 5.26 Å². The summed E-state index contributed by atoms with van der Waals surface area (Å²) in [7, 11) is 2.09. The Morgan fingerprint density at radius 3 is 2.79 bits per heavy atom. The van der Waals surface area contributed by atoms with Gasteiger partial charge < -0.3 is 9.80 Å². The molecule has 8 nitrogen and oxygen atoms in total. The molecule has 0 saturated carbocycles. The fourth-order valence-corrected chi connectivity index (χ4v) is 4.35. The average Bonchev–Trinajstić information content (AvgIpc) is 3.23. The fourth-order valence-electron chi connectivity index (χ4n) is 4.35. The molecular formula is C25H28N6O2. The number of piperidine rings is 1. The van der Waals surface area contributed by atoms with Crippen LogP contribution in [0.1, 0.15) is 41.3 Å². The van der Waals surface area contributed by atoms with Crippen molar-refractivity contribution < 1.29 is 4.79 Å². The minimum atomic E-state index is -0.240. The maximum absolute atomic E-state index is 13.0. The maximum Gasteiger partial charge on any atom is 0.280 e. The molecule has 1 amide bonds. The highest BCUT2D eigenvalue weighted by molar-refractivity contribution is 5.94. The summed E-state index contributed by atoms with van der Waals surface area (Å²) in [5, 5.41) is 12.0. The fraction of sp³-hybridized carbons (Fsp3) is 0.360. The number of likely N-dealkylation sites (tertiary alicyclic amines) is 1. The predicted molar refractivity (Wildman–Crippen MR) is 126 cm³/mol. The van der Waals surface area contributed by atoms with Crippen LogP contribution < -0.4 is 5.56 Å². The molecule has 1 aromatic carbocycles. The molecule has 1 saturated heterocycles. The van der Waals surface area contributed by atoms with E-state index in [2.05, 4.69) is 35.0 Å². The summed E-state index contributed by atoms with van der Waals surface area (Å²) in [5.74, 6) is 0.382. The van der Waals surface area contributed by atoms with Crippen LogP contribution in [-0.2, 0) is 0 Å². The minimum Gasteiger partial charge on any atom is -0.337 e. The summed E-state index contributed by atoms with van der Waals surface area (Å²) >= 11 is 0. The van der Waals surface area contributed by atoms with E-state index >= 15 is 0 Å². The van der Waals surface area contributed by atoms with Crippen molar-refractivity contribution in [2.24, 2.45) is 0 Å². The van der Waals surface area contributed by atoms with Gasteiger partial charge in [0.15, 0.2) is 5.82 Å². The number of nitriles is 1. The predicted octanol–water partition coefficient (Wildman–Crippen LogP) is 2.96. The summed E-state index contributed by atoms with van der Waals surface area (Å²) in [6.45, 7) is 6.42. The van der Waals surface area contributed by atoms with E-state index in [1.54, 1.807) is 36.5 Å². The maximum atomic E-state index is 13.0. The van der Waals surface area contributed by atoms with E-state index in [1.165, 1.54) is 10.9 Å². The number of carbonyl (C=O) groups is 1. The van der Waals surface area contributed by atoms with Gasteiger partial charge in [-0.3, -0.25) is 14.7 Å². The molecule has 33 heavy (non-hydrogen) atoms. The molecule has 1 atom stereocenters. The zero-order valence-corrected chi connectivity index (χ0v) is 19.2. The highest BCUT2D eigenvalue weighted by Gasteiger charge is 2.26. The second-order valence-corrected chi connectivity index (χ2v) is 8.49. The van der Waals surface area contributed by atoms with Crippen molar-refractivity contribution in [3.8, 4) is 23.0 Å². The third-order valence-corrected chi connectivity index (χ3v) is 6.45. The number of nitrogens with zero attached hydrogens (tertiary/aromatic N) is 5. The van der Waals surface area contributed by atoms with E-state index < -0.39 is 0 Å². The lowest BCUT2D eigenvalue weighted by Gasteiger charge is -2.37. The lowest BCUT2D eigenvalue weighted by Crippen LogP contribution is -2.48. The first kappa shape index (κ1) is 22.5. The Bertz CT molecular complexity index is 1250. The quantitative estimate of drug-likeness (QED) is 0.652. The Kier molecular flexibility index (Phi) is 6.43. The van der Waals surface area contributed by atoms with Crippen LogP contribution >= 0.6 is 0 Å². The van der Waals surface area contributed by atoms with E-state index in [4.69, 9.17) is 5.26 Å². The van der Waals surface area contributed by atoms with E-state index in [1.807, 2.05) is 11.8 Å². The lowest BCUT2D eigenvalue weighted by atomic mass is 10.0. The number of hydrogen-bond donors (Lipinski definition) is 1. The largest absolute Gasteiger partial charge is 0.337 e. The van der Waals surface area contributed by atoms with Crippen molar-refractivity contribution in [3.05, 3.63) is 69.8 Å². The molecule has 2 aromatic heterocycles. The van der Waals surface area contributed by atoms with Crippen molar-refractivity contribution in [1.29, 1.82) is 5.26 Å². The van der Waals surface area contributed by atoms with Gasteiger partial charge in [0.1, 0.15) is 0 Å². The second kappa shape index (κ2) is 9.43. The number of pyridine rings is 1. The van der Waals surface area contributed by atoms with Crippen LogP contribution in [0.15, 0.2) is 47.5 Å². The third kappa shape index (κ3) is 4.45. The Morgan fingerprint density at radius 2 is 2.12 bits per heavy atom. The number of aromatic nitrogens is 3. The number of aryl methyl sites for hydroxylation is 1. The molecule has 0 unspecified atom stereocenters. The molecule has 0 aliphatic carbocycles.